The van der Waals surface area contributed by atoms with Crippen molar-refractivity contribution < 1.29 is 9.53 Å². The Morgan fingerprint density at radius 1 is 1.55 bits per heavy atom. The molecule has 0 radical (unpaired) electrons. The van der Waals surface area contributed by atoms with Crippen molar-refractivity contribution in [1.82, 2.24) is 5.32 Å². The molecule has 1 saturated heterocycles. The molecule has 3 atom stereocenters. The van der Waals surface area contributed by atoms with E-state index in [1.807, 2.05) is 26.0 Å². The van der Waals surface area contributed by atoms with Crippen LogP contribution in [0.1, 0.15) is 31.6 Å². The lowest BCUT2D eigenvalue weighted by atomic mass is 9.46. The molecular weight excluding hydrogens is 343 g/mol. The zero-order chi connectivity index (χ0) is 15.3. The fraction of sp³-hybridized carbons (Fsp3) is 0.667. The Morgan fingerprint density at radius 2 is 2.27 bits per heavy atom. The molecule has 3 N–H and O–H groups in total. The summed E-state index contributed by atoms with van der Waals surface area (Å²) in [4.78, 5) is 13.7. The van der Waals surface area contributed by atoms with Gasteiger partial charge in [0.05, 0.1) is 17.0 Å². The first-order valence-corrected chi connectivity index (χ1v) is 8.50. The molecule has 124 valence electrons. The van der Waals surface area contributed by atoms with Crippen LogP contribution >= 0.6 is 35.3 Å². The van der Waals surface area contributed by atoms with Gasteiger partial charge in [-0.1, -0.05) is 25.4 Å². The van der Waals surface area contributed by atoms with E-state index in [0.29, 0.717) is 6.54 Å². The van der Waals surface area contributed by atoms with E-state index >= 15 is 0 Å². The quantitative estimate of drug-likeness (QED) is 0.866. The third kappa shape index (κ3) is 2.57. The topological polar surface area (TPSA) is 64.3 Å². The van der Waals surface area contributed by atoms with Crippen molar-refractivity contribution in [3.63, 3.8) is 0 Å². The second kappa shape index (κ2) is 6.29. The van der Waals surface area contributed by atoms with Crippen LogP contribution in [0.25, 0.3) is 0 Å². The molecule has 1 saturated carbocycles. The minimum Gasteiger partial charge on any atom is -0.377 e. The number of nitrogens with one attached hydrogen (secondary N) is 1. The third-order valence-electron chi connectivity index (χ3n) is 5.11. The minimum atomic E-state index is -0.848. The Balaban J connectivity index is 0.00000176. The molecule has 0 bridgehead atoms. The van der Waals surface area contributed by atoms with Gasteiger partial charge in [0.15, 0.2) is 0 Å². The van der Waals surface area contributed by atoms with Crippen molar-refractivity contribution in [3.05, 3.63) is 21.3 Å². The lowest BCUT2D eigenvalue weighted by Crippen LogP contribution is -2.82. The molecule has 3 unspecified atom stereocenters. The number of thiophene rings is 1. The van der Waals surface area contributed by atoms with Crippen LogP contribution < -0.4 is 11.1 Å². The second-order valence-electron chi connectivity index (χ2n) is 6.52. The number of hydrogen-bond donors (Lipinski definition) is 2. The molecule has 4 nitrogen and oxygen atoms in total. The highest BCUT2D eigenvalue weighted by Gasteiger charge is 2.70. The average molecular weight is 365 g/mol. The van der Waals surface area contributed by atoms with Crippen molar-refractivity contribution in [2.45, 2.75) is 44.9 Å². The maximum atomic E-state index is 12.7. The number of hydrogen-bond acceptors (Lipinski definition) is 4. The molecule has 0 aromatic carbocycles. The largest absolute Gasteiger partial charge is 0.377 e. The molecule has 3 rings (SSSR count). The van der Waals surface area contributed by atoms with Gasteiger partial charge < -0.3 is 15.8 Å². The molecular formula is C15H22Cl2N2O2S. The molecule has 1 aliphatic carbocycles. The number of fused-ring (bicyclic) bond motifs is 1. The van der Waals surface area contributed by atoms with Gasteiger partial charge >= 0.3 is 0 Å². The van der Waals surface area contributed by atoms with Crippen molar-refractivity contribution in [2.75, 3.05) is 6.61 Å². The normalized spacial score (nSPS) is 32.4. The zero-order valence-corrected chi connectivity index (χ0v) is 15.1. The molecule has 0 spiro atoms. The maximum absolute atomic E-state index is 12.7. The SMILES string of the molecule is CC1(C)C2OCCCC2C1(N)C(=O)NCc1ccc(Cl)s1.Cl. The molecule has 1 amide bonds. The number of halogens is 2. The summed E-state index contributed by atoms with van der Waals surface area (Å²) < 4.78 is 6.56. The lowest BCUT2D eigenvalue weighted by Gasteiger charge is -2.65. The van der Waals surface area contributed by atoms with Crippen molar-refractivity contribution in [2.24, 2.45) is 17.1 Å². The van der Waals surface area contributed by atoms with Gasteiger partial charge in [0.2, 0.25) is 5.91 Å². The van der Waals surface area contributed by atoms with Gasteiger partial charge in [-0.2, -0.15) is 0 Å². The van der Waals surface area contributed by atoms with Gasteiger partial charge in [0.1, 0.15) is 5.54 Å². The molecule has 1 aromatic rings. The number of carbonyl (C=O) groups excluding carboxylic acids is 1. The van der Waals surface area contributed by atoms with Crippen LogP contribution in [0.5, 0.6) is 0 Å². The van der Waals surface area contributed by atoms with Gasteiger partial charge in [-0.3, -0.25) is 4.79 Å². The van der Waals surface area contributed by atoms with Crippen molar-refractivity contribution in [3.8, 4) is 0 Å². The highest BCUT2D eigenvalue weighted by molar-refractivity contribution is 7.16. The molecule has 2 fully saturated rings. The molecule has 2 aliphatic rings. The summed E-state index contributed by atoms with van der Waals surface area (Å²) in [6.45, 7) is 5.31. The van der Waals surface area contributed by atoms with Gasteiger partial charge in [-0.05, 0) is 25.0 Å². The van der Waals surface area contributed by atoms with E-state index in [0.717, 1.165) is 28.7 Å². The number of ether oxygens (including phenoxy) is 1. The maximum Gasteiger partial charge on any atom is 0.241 e. The van der Waals surface area contributed by atoms with Crippen LogP contribution in [0.2, 0.25) is 4.34 Å². The predicted octanol–water partition coefficient (Wildman–Crippen LogP) is 2.97. The summed E-state index contributed by atoms with van der Waals surface area (Å²) in [5.41, 5.74) is 5.35. The predicted molar refractivity (Wildman–Crippen MR) is 91.6 cm³/mol. The first-order valence-electron chi connectivity index (χ1n) is 7.30. The Kier molecular flexibility index (Phi) is 5.15. The Hall–Kier alpha value is -0.330. The van der Waals surface area contributed by atoms with Crippen LogP contribution in [0.4, 0.5) is 0 Å². The highest BCUT2D eigenvalue weighted by atomic mass is 35.5. The van der Waals surface area contributed by atoms with Gasteiger partial charge in [0.25, 0.3) is 0 Å². The van der Waals surface area contributed by atoms with Gasteiger partial charge in [-0.25, -0.2) is 0 Å². The summed E-state index contributed by atoms with van der Waals surface area (Å²) >= 11 is 7.38. The van der Waals surface area contributed by atoms with Crippen molar-refractivity contribution >= 4 is 41.3 Å². The monoisotopic (exact) mass is 364 g/mol. The fourth-order valence-corrected chi connectivity index (χ4v) is 4.82. The number of amides is 1. The average Bonchev–Trinajstić information content (AvgIpc) is 2.89. The number of rotatable bonds is 3. The Labute approximate surface area is 146 Å². The zero-order valence-electron chi connectivity index (χ0n) is 12.7. The van der Waals surface area contributed by atoms with Crippen LogP contribution in [0.15, 0.2) is 12.1 Å². The number of nitrogens with two attached hydrogens (primary N) is 1. The number of carbonyl (C=O) groups is 1. The molecule has 1 aliphatic heterocycles. The molecule has 2 heterocycles. The van der Waals surface area contributed by atoms with Crippen LogP contribution in [0.3, 0.4) is 0 Å². The smallest absolute Gasteiger partial charge is 0.241 e. The Bertz CT molecular complexity index is 563. The standard InChI is InChI=1S/C15H21ClN2O2S.ClH/c1-14(2)12-10(4-3-7-20-12)15(14,17)13(19)18-8-9-5-6-11(16)21-9;/h5-6,10,12H,3-4,7-8,17H2,1-2H3,(H,18,19);1H. The van der Waals surface area contributed by atoms with Crippen LogP contribution in [-0.2, 0) is 16.1 Å². The molecule has 7 heteroatoms. The van der Waals surface area contributed by atoms with E-state index in [4.69, 9.17) is 22.1 Å². The van der Waals surface area contributed by atoms with Crippen LogP contribution in [0, 0.1) is 11.3 Å². The molecule has 22 heavy (non-hydrogen) atoms. The summed E-state index contributed by atoms with van der Waals surface area (Å²) in [5.74, 6) is 0.0388. The molecule has 1 aromatic heterocycles. The van der Waals surface area contributed by atoms with Gasteiger partial charge in [-0.15, -0.1) is 23.7 Å². The van der Waals surface area contributed by atoms with Crippen LogP contribution in [-0.4, -0.2) is 24.2 Å². The Morgan fingerprint density at radius 3 is 2.91 bits per heavy atom. The van der Waals surface area contributed by atoms with E-state index < -0.39 is 5.54 Å². The lowest BCUT2D eigenvalue weighted by molar-refractivity contribution is -0.225. The van der Waals surface area contributed by atoms with E-state index in [-0.39, 0.29) is 35.8 Å². The van der Waals surface area contributed by atoms with Crippen molar-refractivity contribution in [1.29, 1.82) is 0 Å². The summed E-state index contributed by atoms with van der Waals surface area (Å²) in [6, 6.07) is 3.76. The summed E-state index contributed by atoms with van der Waals surface area (Å²) in [7, 11) is 0. The summed E-state index contributed by atoms with van der Waals surface area (Å²) in [5, 5.41) is 2.98. The second-order valence-corrected chi connectivity index (χ2v) is 8.32. The summed E-state index contributed by atoms with van der Waals surface area (Å²) in [6.07, 6.45) is 2.03. The van der Waals surface area contributed by atoms with Gasteiger partial charge in [0, 0.05) is 22.8 Å². The van der Waals surface area contributed by atoms with E-state index in [1.54, 1.807) is 0 Å². The minimum absolute atomic E-state index is 0. The first kappa shape index (κ1) is 18.0. The van der Waals surface area contributed by atoms with E-state index in [1.165, 1.54) is 11.3 Å². The van der Waals surface area contributed by atoms with E-state index in [2.05, 4.69) is 5.32 Å². The fourth-order valence-electron chi connectivity index (χ4n) is 3.80. The van der Waals surface area contributed by atoms with E-state index in [9.17, 15) is 4.79 Å². The first-order chi connectivity index (χ1) is 9.87. The highest BCUT2D eigenvalue weighted by Crippen LogP contribution is 2.57. The third-order valence-corrected chi connectivity index (χ3v) is 6.34.